The maximum absolute atomic E-state index is 6.35. The van der Waals surface area contributed by atoms with E-state index in [4.69, 9.17) is 178 Å². The van der Waals surface area contributed by atoms with Crippen molar-refractivity contribution in [3.8, 4) is 0 Å². The minimum absolute atomic E-state index is 1.02. The normalized spacial score (nSPS) is 9.60. The van der Waals surface area contributed by atoms with E-state index in [0.717, 1.165) is 0 Å². The number of rotatable bonds is 21. The first-order valence-electron chi connectivity index (χ1n) is 14.7. The second-order valence-electron chi connectivity index (χ2n) is 12.3. The van der Waals surface area contributed by atoms with Gasteiger partial charge in [0.15, 0.2) is 0 Å². The van der Waals surface area contributed by atoms with Crippen LogP contribution in [0.5, 0.6) is 0 Å². The quantitative estimate of drug-likeness (QED) is 0.142. The van der Waals surface area contributed by atoms with E-state index >= 15 is 0 Å². The molecule has 0 N–H and O–H groups in total. The zero-order valence-corrected chi connectivity index (χ0v) is 26.0. The molecular weight excluding hydrogens is 487 g/mol. The van der Waals surface area contributed by atoms with Gasteiger partial charge < -0.3 is 0 Å². The molecule has 0 heterocycles. The molecule has 0 saturated carbocycles. The van der Waals surface area contributed by atoms with Gasteiger partial charge in [0.1, 0.15) is 0 Å². The Hall–Kier alpha value is 2.92. The maximum atomic E-state index is 6.35. The fourth-order valence-corrected chi connectivity index (χ4v) is 7.44. The van der Waals surface area contributed by atoms with Crippen LogP contribution in [0.2, 0.25) is 0 Å². The summed E-state index contributed by atoms with van der Waals surface area (Å²) in [6, 6.07) is 0. The van der Waals surface area contributed by atoms with E-state index in [1.165, 1.54) is 7.06 Å². The molecule has 0 nitrogen and oxygen atoms in total. The van der Waals surface area contributed by atoms with Gasteiger partial charge in [0.05, 0.1) is 0 Å². The first-order valence-corrected chi connectivity index (χ1v) is 14.7. The monoisotopic (exact) mass is 495 g/mol. The fraction of sp³-hybridized carbons (Fsp3) is 0. The molecule has 0 aromatic carbocycles. The van der Waals surface area contributed by atoms with Crippen LogP contribution in [-0.4, -0.2) is 319 Å². The summed E-state index contributed by atoms with van der Waals surface area (Å²) < 4.78 is 0. The van der Waals surface area contributed by atoms with Crippen molar-refractivity contribution >= 4 is 319 Å². The Kier molecular flexibility index (Phi) is 23.5. The lowest BCUT2D eigenvalue weighted by Crippen LogP contribution is -2.94. The predicted octanol–water partition coefficient (Wildman–Crippen LogP) is -17.1. The van der Waals surface area contributed by atoms with Gasteiger partial charge in [-0.15, -0.1) is 0 Å². The summed E-state index contributed by atoms with van der Waals surface area (Å²) in [5.41, 5.74) is 0. The third-order valence-corrected chi connectivity index (χ3v) is 9.11. The van der Waals surface area contributed by atoms with E-state index in [9.17, 15) is 0 Å². The minimum Gasteiger partial charge on any atom is 0 e. The molecule has 0 amide bonds. The molecule has 0 aliphatic rings. The van der Waals surface area contributed by atoms with E-state index in [2.05, 4.69) is 0 Å². The molecule has 0 bridgehead atoms. The highest BCUT2D eigenvalue weighted by Crippen LogP contribution is 2.20. The van der Waals surface area contributed by atoms with E-state index in [1.807, 2.05) is 0 Å². The van der Waals surface area contributed by atoms with E-state index in [-0.39, 0.29) is 0 Å². The van der Waals surface area contributed by atoms with Gasteiger partial charge in [0.2, 0.25) is 0 Å². The van der Waals surface area contributed by atoms with Crippen molar-refractivity contribution in [2.75, 3.05) is 0 Å². The van der Waals surface area contributed by atoms with Crippen LogP contribution < -0.4 is 0 Å². The van der Waals surface area contributed by atoms with Crippen molar-refractivity contribution < 1.29 is 0 Å². The number of hydrogen-bond acceptors (Lipinski definition) is 0. The summed E-state index contributed by atoms with van der Waals surface area (Å²) in [6.45, 7) is 0. The lowest BCUT2D eigenvalue weighted by atomic mass is 8.26. The van der Waals surface area contributed by atoms with Crippen molar-refractivity contribution in [1.29, 1.82) is 0 Å². The van der Waals surface area contributed by atoms with Gasteiger partial charge in [-0.25, -0.2) is 0 Å². The predicted molar refractivity (Wildman–Crippen MR) is 259 cm³/mol. The molecule has 0 spiro atoms. The summed E-state index contributed by atoms with van der Waals surface area (Å²) >= 11 is 0. The molecule has 0 aromatic rings. The summed E-state index contributed by atoms with van der Waals surface area (Å²) in [6.07, 6.45) is -24.9. The van der Waals surface area contributed by atoms with Crippen molar-refractivity contribution in [2.24, 2.45) is 0 Å². The summed E-state index contributed by atoms with van der Waals surface area (Å²) in [5, 5.41) is 0. The molecule has 45 heavy (non-hydrogen) atoms. The van der Waals surface area contributed by atoms with Gasteiger partial charge in [-0.1, -0.05) is 0 Å². The van der Waals surface area contributed by atoms with E-state index in [0.29, 0.717) is 0 Å². The molecule has 0 atom stereocenters. The fourth-order valence-electron chi connectivity index (χ4n) is 7.44. The van der Waals surface area contributed by atoms with Crippen LogP contribution in [0.3, 0.4) is 0 Å². The van der Waals surface area contributed by atoms with Crippen molar-refractivity contribution in [1.82, 2.24) is 0 Å². The summed E-state index contributed by atoms with van der Waals surface area (Å²) in [5.74, 6) is 0. The molecule has 0 fully saturated rings. The van der Waals surface area contributed by atoms with Crippen molar-refractivity contribution in [2.45, 2.75) is 0 Å². The largest absolute Gasteiger partial charge is 0 e. The Morgan fingerprint density at radius 3 is 0.489 bits per heavy atom. The Morgan fingerprint density at radius 1 is 0.200 bits per heavy atom. The molecule has 0 aliphatic carbocycles. The molecule has 47 radical (unpaired) electrons. The molecule has 0 unspecified atom stereocenters. The van der Waals surface area contributed by atoms with Crippen LogP contribution in [0.15, 0.2) is 0 Å². The van der Waals surface area contributed by atoms with Crippen molar-refractivity contribution in [3.63, 3.8) is 0 Å². The SMILES string of the molecule is [B][B]B(B([B])[B])B(B(B([B])[B])B([B])[B])B(B(B(B([B])[B])B([B])[B])B(B([B])[B])B([B])[B])B(B(B([B])[B])B([B])[B])B(B([B])[B])B([B])[B]. The molecule has 0 aliphatic heterocycles. The Labute approximate surface area is 316 Å². The van der Waals surface area contributed by atoms with Gasteiger partial charge in [-0.2, -0.15) is 0 Å². The van der Waals surface area contributed by atoms with Crippen LogP contribution in [0.1, 0.15) is 0 Å². The first-order chi connectivity index (χ1) is 20.5. The lowest BCUT2D eigenvalue weighted by molar-refractivity contribution is 3.20. The summed E-state index contributed by atoms with van der Waals surface area (Å²) in [4.78, 5) is 0. The highest BCUT2D eigenvalue weighted by molar-refractivity contribution is 8.34. The first kappa shape index (κ1) is 47.9. The van der Waals surface area contributed by atoms with Crippen LogP contribution in [0.4, 0.5) is 0 Å². The Bertz CT molecular complexity index is 622. The van der Waals surface area contributed by atoms with E-state index in [1.54, 1.807) is 0 Å². The molecular formula is B45. The van der Waals surface area contributed by atoms with Crippen LogP contribution >= 0.6 is 0 Å². The molecule has 45 heteroatoms. The second-order valence-corrected chi connectivity index (χ2v) is 12.3. The second kappa shape index (κ2) is 22.1. The standard InChI is InChI=1S/B45/c1-24-36(25(2)3)42(37(26(4)5)27(6)7)45(43(38(28(8)9)29(10)11)39(30(12)13)31(14)15)44(40(32(16)17)33(18)19)41(34(20)21)35(22)23. The van der Waals surface area contributed by atoms with Crippen LogP contribution in [0, 0.1) is 0 Å². The number of hydrogen-bond donors (Lipinski definition) is 0. The van der Waals surface area contributed by atoms with Gasteiger partial charge in [-0.3, -0.25) is 0 Å². The van der Waals surface area contributed by atoms with Gasteiger partial charge >= 0.3 is 0 Å². The van der Waals surface area contributed by atoms with Crippen molar-refractivity contribution in [3.05, 3.63) is 0 Å². The third-order valence-electron chi connectivity index (χ3n) is 9.11. The molecule has 0 rings (SSSR count). The maximum Gasteiger partial charge on any atom is 0 e. The van der Waals surface area contributed by atoms with E-state index < -0.39 is 134 Å². The lowest BCUT2D eigenvalue weighted by Gasteiger charge is -2.56. The zero-order valence-electron chi connectivity index (χ0n) is 26.0. The molecule has 135 valence electrons. The average Bonchev–Trinajstić information content (AvgIpc) is 2.81. The van der Waals surface area contributed by atoms with Gasteiger partial charge in [0, 0.05) is 319 Å². The molecule has 0 saturated heterocycles. The Morgan fingerprint density at radius 2 is 0.356 bits per heavy atom. The van der Waals surface area contributed by atoms with Gasteiger partial charge in [-0.05, 0) is 0 Å². The van der Waals surface area contributed by atoms with Gasteiger partial charge in [0.25, 0.3) is 0 Å². The van der Waals surface area contributed by atoms with Crippen LogP contribution in [-0.2, 0) is 0 Å². The highest BCUT2D eigenvalue weighted by Gasteiger charge is 2.58. The Balaban J connectivity index is 8.98. The average molecular weight is 487 g/mol. The minimum atomic E-state index is -1.27. The van der Waals surface area contributed by atoms with Crippen LogP contribution in [0.25, 0.3) is 0 Å². The zero-order chi connectivity index (χ0) is 35.8. The third kappa shape index (κ3) is 13.1. The molecule has 0 aromatic heterocycles. The smallest absolute Gasteiger partial charge is 0 e. The summed E-state index contributed by atoms with van der Waals surface area (Å²) in [7, 11) is 147. The topological polar surface area (TPSA) is 0 Å². The highest BCUT2D eigenvalue weighted by atomic mass is 13.4.